The standard InChI is InChI=1S/C12H15NO4/c1-8(11(13)14)7-17-10-5-3-9(4-6-10)12(15)16-2/h3-6,8H,7H2,1-2H3,(H2,13,14). The molecule has 1 rings (SSSR count). The van der Waals surface area contributed by atoms with E-state index in [0.717, 1.165) is 0 Å². The number of nitrogens with two attached hydrogens (primary N) is 1. The van der Waals surface area contributed by atoms with Gasteiger partial charge in [-0.15, -0.1) is 0 Å². The molecule has 0 aliphatic rings. The molecular formula is C12H15NO4. The van der Waals surface area contributed by atoms with Gasteiger partial charge in [0.2, 0.25) is 5.91 Å². The number of ether oxygens (including phenoxy) is 2. The molecule has 0 saturated carbocycles. The van der Waals surface area contributed by atoms with E-state index in [1.807, 2.05) is 0 Å². The Bertz CT molecular complexity index is 399. The molecule has 0 fully saturated rings. The summed E-state index contributed by atoms with van der Waals surface area (Å²) in [5.41, 5.74) is 5.55. The molecule has 0 bridgehead atoms. The molecule has 0 heterocycles. The van der Waals surface area contributed by atoms with Gasteiger partial charge in [0.15, 0.2) is 0 Å². The van der Waals surface area contributed by atoms with Gasteiger partial charge in [-0.2, -0.15) is 0 Å². The third-order valence-electron chi connectivity index (χ3n) is 2.26. The van der Waals surface area contributed by atoms with Crippen molar-refractivity contribution in [2.45, 2.75) is 6.92 Å². The minimum Gasteiger partial charge on any atom is -0.493 e. The van der Waals surface area contributed by atoms with Crippen molar-refractivity contribution in [3.05, 3.63) is 29.8 Å². The second-order valence-corrected chi connectivity index (χ2v) is 3.63. The average Bonchev–Trinajstić information content (AvgIpc) is 2.35. The second kappa shape index (κ2) is 5.89. The molecule has 0 spiro atoms. The van der Waals surface area contributed by atoms with Crippen molar-refractivity contribution in [3.8, 4) is 5.75 Å². The summed E-state index contributed by atoms with van der Waals surface area (Å²) in [4.78, 5) is 21.9. The molecule has 0 aliphatic carbocycles. The van der Waals surface area contributed by atoms with E-state index in [4.69, 9.17) is 10.5 Å². The lowest BCUT2D eigenvalue weighted by molar-refractivity contribution is -0.122. The third kappa shape index (κ3) is 3.79. The zero-order valence-electron chi connectivity index (χ0n) is 9.80. The molecule has 0 radical (unpaired) electrons. The van der Waals surface area contributed by atoms with Crippen LogP contribution in [0.25, 0.3) is 0 Å². The van der Waals surface area contributed by atoms with Crippen molar-refractivity contribution >= 4 is 11.9 Å². The molecule has 0 aromatic heterocycles. The summed E-state index contributed by atoms with van der Waals surface area (Å²) in [5.74, 6) is -0.584. The van der Waals surface area contributed by atoms with Crippen molar-refractivity contribution < 1.29 is 19.1 Å². The van der Waals surface area contributed by atoms with E-state index in [-0.39, 0.29) is 12.5 Å². The monoisotopic (exact) mass is 237 g/mol. The Kier molecular flexibility index (Phi) is 4.51. The van der Waals surface area contributed by atoms with Gasteiger partial charge in [0.1, 0.15) is 5.75 Å². The number of hydrogen-bond acceptors (Lipinski definition) is 4. The number of hydrogen-bond donors (Lipinski definition) is 1. The predicted molar refractivity (Wildman–Crippen MR) is 61.6 cm³/mol. The highest BCUT2D eigenvalue weighted by atomic mass is 16.5. The number of rotatable bonds is 5. The summed E-state index contributed by atoms with van der Waals surface area (Å²) in [7, 11) is 1.32. The Labute approximate surface area is 99.5 Å². The minimum atomic E-state index is -0.406. The van der Waals surface area contributed by atoms with Gasteiger partial charge in [-0.3, -0.25) is 4.79 Å². The molecule has 92 valence electrons. The number of amides is 1. The molecule has 5 heteroatoms. The van der Waals surface area contributed by atoms with E-state index in [2.05, 4.69) is 4.74 Å². The summed E-state index contributed by atoms with van der Waals surface area (Å²) in [5, 5.41) is 0. The van der Waals surface area contributed by atoms with Crippen LogP contribution in [0.1, 0.15) is 17.3 Å². The first-order chi connectivity index (χ1) is 8.04. The van der Waals surface area contributed by atoms with Crippen LogP contribution in [0.2, 0.25) is 0 Å². The van der Waals surface area contributed by atoms with Crippen LogP contribution in [0.5, 0.6) is 5.75 Å². The fourth-order valence-corrected chi connectivity index (χ4v) is 1.11. The summed E-state index contributed by atoms with van der Waals surface area (Å²) in [6, 6.07) is 6.46. The van der Waals surface area contributed by atoms with Gasteiger partial charge in [0.05, 0.1) is 25.2 Å². The maximum atomic E-state index is 11.2. The Balaban J connectivity index is 2.57. The van der Waals surface area contributed by atoms with Crippen molar-refractivity contribution in [3.63, 3.8) is 0 Å². The van der Waals surface area contributed by atoms with Crippen molar-refractivity contribution in [1.82, 2.24) is 0 Å². The van der Waals surface area contributed by atoms with Crippen LogP contribution in [0, 0.1) is 5.92 Å². The Hall–Kier alpha value is -2.04. The molecule has 0 aliphatic heterocycles. The Morgan fingerprint density at radius 3 is 2.35 bits per heavy atom. The SMILES string of the molecule is COC(=O)c1ccc(OCC(C)C(N)=O)cc1. The highest BCUT2D eigenvalue weighted by Crippen LogP contribution is 2.13. The van der Waals surface area contributed by atoms with Crippen molar-refractivity contribution in [1.29, 1.82) is 0 Å². The first kappa shape index (κ1) is 13.0. The topological polar surface area (TPSA) is 78.6 Å². The van der Waals surface area contributed by atoms with Crippen molar-refractivity contribution in [2.75, 3.05) is 13.7 Å². The number of methoxy groups -OCH3 is 1. The van der Waals surface area contributed by atoms with Crippen LogP contribution in [-0.4, -0.2) is 25.6 Å². The molecular weight excluding hydrogens is 222 g/mol. The Morgan fingerprint density at radius 2 is 1.88 bits per heavy atom. The van der Waals surface area contributed by atoms with Crippen LogP contribution in [0.4, 0.5) is 0 Å². The van der Waals surface area contributed by atoms with Crippen LogP contribution in [0.15, 0.2) is 24.3 Å². The Morgan fingerprint density at radius 1 is 1.29 bits per heavy atom. The maximum absolute atomic E-state index is 11.2. The first-order valence-corrected chi connectivity index (χ1v) is 5.15. The number of carbonyl (C=O) groups is 2. The number of carbonyl (C=O) groups excluding carboxylic acids is 2. The molecule has 1 aromatic rings. The first-order valence-electron chi connectivity index (χ1n) is 5.15. The van der Waals surface area contributed by atoms with Gasteiger partial charge >= 0.3 is 5.97 Å². The van der Waals surface area contributed by atoms with E-state index in [0.29, 0.717) is 11.3 Å². The highest BCUT2D eigenvalue weighted by molar-refractivity contribution is 5.89. The number of benzene rings is 1. The van der Waals surface area contributed by atoms with E-state index < -0.39 is 11.9 Å². The number of primary amides is 1. The van der Waals surface area contributed by atoms with Crippen LogP contribution in [-0.2, 0) is 9.53 Å². The molecule has 2 N–H and O–H groups in total. The molecule has 5 nitrogen and oxygen atoms in total. The van der Waals surface area contributed by atoms with Gasteiger partial charge in [-0.05, 0) is 24.3 Å². The lowest BCUT2D eigenvalue weighted by atomic mass is 10.2. The van der Waals surface area contributed by atoms with Crippen LogP contribution in [0.3, 0.4) is 0 Å². The summed E-state index contributed by atoms with van der Waals surface area (Å²) in [6.07, 6.45) is 0. The lowest BCUT2D eigenvalue weighted by Crippen LogP contribution is -2.25. The second-order valence-electron chi connectivity index (χ2n) is 3.63. The quantitative estimate of drug-likeness (QED) is 0.774. The average molecular weight is 237 g/mol. The van der Waals surface area contributed by atoms with E-state index in [9.17, 15) is 9.59 Å². The molecule has 17 heavy (non-hydrogen) atoms. The summed E-state index contributed by atoms with van der Waals surface area (Å²) >= 11 is 0. The minimum absolute atomic E-state index is 0.215. The van der Waals surface area contributed by atoms with Crippen LogP contribution < -0.4 is 10.5 Å². The highest BCUT2D eigenvalue weighted by Gasteiger charge is 2.10. The smallest absolute Gasteiger partial charge is 0.337 e. The van der Waals surface area contributed by atoms with Crippen LogP contribution >= 0.6 is 0 Å². The third-order valence-corrected chi connectivity index (χ3v) is 2.26. The zero-order chi connectivity index (χ0) is 12.8. The van der Waals surface area contributed by atoms with Gasteiger partial charge in [-0.1, -0.05) is 6.92 Å². The maximum Gasteiger partial charge on any atom is 0.337 e. The zero-order valence-corrected chi connectivity index (χ0v) is 9.80. The van der Waals surface area contributed by atoms with Gasteiger partial charge in [0.25, 0.3) is 0 Å². The largest absolute Gasteiger partial charge is 0.493 e. The molecule has 1 amide bonds. The predicted octanol–water partition coefficient (Wildman–Crippen LogP) is 0.973. The van der Waals surface area contributed by atoms with Crippen molar-refractivity contribution in [2.24, 2.45) is 11.7 Å². The molecule has 1 unspecified atom stereocenters. The molecule has 0 saturated heterocycles. The molecule has 1 atom stereocenters. The van der Waals surface area contributed by atoms with Gasteiger partial charge in [-0.25, -0.2) is 4.79 Å². The fourth-order valence-electron chi connectivity index (χ4n) is 1.11. The van der Waals surface area contributed by atoms with Gasteiger partial charge in [0, 0.05) is 0 Å². The summed E-state index contributed by atoms with van der Waals surface area (Å²) < 4.78 is 9.91. The summed E-state index contributed by atoms with van der Waals surface area (Å²) in [6.45, 7) is 1.90. The normalized spacial score (nSPS) is 11.6. The molecule has 1 aromatic carbocycles. The van der Waals surface area contributed by atoms with E-state index >= 15 is 0 Å². The van der Waals surface area contributed by atoms with Gasteiger partial charge < -0.3 is 15.2 Å². The number of esters is 1. The fraction of sp³-hybridized carbons (Fsp3) is 0.333. The lowest BCUT2D eigenvalue weighted by Gasteiger charge is -2.10. The van der Waals surface area contributed by atoms with E-state index in [1.165, 1.54) is 7.11 Å². The van der Waals surface area contributed by atoms with E-state index in [1.54, 1.807) is 31.2 Å².